The number of anilines is 1. The van der Waals surface area contributed by atoms with Gasteiger partial charge in [0, 0.05) is 67.7 Å². The molecular formula is C26H26N6O2S. The third-order valence-corrected chi connectivity index (χ3v) is 7.97. The van der Waals surface area contributed by atoms with Gasteiger partial charge in [-0.2, -0.15) is 0 Å². The highest BCUT2D eigenvalue weighted by Gasteiger charge is 2.36. The van der Waals surface area contributed by atoms with Gasteiger partial charge in [0.2, 0.25) is 0 Å². The number of hydrogen-bond donors (Lipinski definition) is 2. The van der Waals surface area contributed by atoms with Crippen molar-refractivity contribution in [3.05, 3.63) is 87.7 Å². The Kier molecular flexibility index (Phi) is 5.69. The minimum absolute atomic E-state index is 0.0837. The van der Waals surface area contributed by atoms with Crippen LogP contribution in [0.1, 0.15) is 33.4 Å². The van der Waals surface area contributed by atoms with Crippen LogP contribution in [0.3, 0.4) is 0 Å². The van der Waals surface area contributed by atoms with Gasteiger partial charge >= 0.3 is 0 Å². The maximum absolute atomic E-state index is 13.2. The van der Waals surface area contributed by atoms with Crippen LogP contribution in [0.2, 0.25) is 0 Å². The summed E-state index contributed by atoms with van der Waals surface area (Å²) in [6.07, 6.45) is 5.18. The highest BCUT2D eigenvalue weighted by Crippen LogP contribution is 2.40. The summed E-state index contributed by atoms with van der Waals surface area (Å²) in [7, 11) is 0. The standard InChI is InChI=1S/C26H26N6O2S/c33-22-8-4-7-21-19-11-17(14-32(21)22)13-31(15-19)26-30-23(18-5-2-1-3-6-18)24(35-26)25(34)28-10-9-20-12-27-16-29-20/h1-8,12,16-17,19H,9-11,13-15H2,(H,27,29)(H,28,34)/t17-,19+/m1/s1. The number of nitrogens with zero attached hydrogens (tertiary/aromatic N) is 4. The largest absolute Gasteiger partial charge is 0.351 e. The van der Waals surface area contributed by atoms with E-state index in [1.165, 1.54) is 11.3 Å². The third-order valence-electron chi connectivity index (χ3n) is 6.85. The van der Waals surface area contributed by atoms with Crippen LogP contribution in [0, 0.1) is 5.92 Å². The second-order valence-corrected chi connectivity index (χ2v) is 10.2. The quantitative estimate of drug-likeness (QED) is 0.436. The summed E-state index contributed by atoms with van der Waals surface area (Å²) in [6, 6.07) is 15.5. The number of thiazole rings is 1. The van der Waals surface area contributed by atoms with Crippen molar-refractivity contribution >= 4 is 22.4 Å². The molecule has 2 bridgehead atoms. The molecule has 1 saturated heterocycles. The van der Waals surface area contributed by atoms with Crippen molar-refractivity contribution in [3.63, 3.8) is 0 Å². The molecule has 178 valence electrons. The Labute approximate surface area is 206 Å². The van der Waals surface area contributed by atoms with Crippen molar-refractivity contribution < 1.29 is 4.79 Å². The molecule has 4 aromatic rings. The summed E-state index contributed by atoms with van der Waals surface area (Å²) >= 11 is 1.45. The topological polar surface area (TPSA) is 95.9 Å². The van der Waals surface area contributed by atoms with Crippen LogP contribution in [-0.4, -0.2) is 45.1 Å². The molecular weight excluding hydrogens is 460 g/mol. The second-order valence-electron chi connectivity index (χ2n) is 9.23. The number of piperidine rings is 1. The average molecular weight is 487 g/mol. The fourth-order valence-corrected chi connectivity index (χ4v) is 6.28. The summed E-state index contributed by atoms with van der Waals surface area (Å²) in [5, 5.41) is 3.91. The van der Waals surface area contributed by atoms with E-state index in [9.17, 15) is 9.59 Å². The molecule has 0 spiro atoms. The van der Waals surface area contributed by atoms with Gasteiger partial charge in [0.1, 0.15) is 4.88 Å². The van der Waals surface area contributed by atoms with Crippen molar-refractivity contribution in [2.45, 2.75) is 25.3 Å². The van der Waals surface area contributed by atoms with Gasteiger partial charge in [-0.05, 0) is 18.4 Å². The summed E-state index contributed by atoms with van der Waals surface area (Å²) < 4.78 is 1.94. The molecule has 0 unspecified atom stereocenters. The van der Waals surface area contributed by atoms with E-state index in [0.29, 0.717) is 23.8 Å². The number of carbonyl (C=O) groups excluding carboxylic acids is 1. The van der Waals surface area contributed by atoms with Crippen molar-refractivity contribution in [3.8, 4) is 11.3 Å². The van der Waals surface area contributed by atoms with Gasteiger partial charge in [0.25, 0.3) is 11.5 Å². The minimum atomic E-state index is -0.110. The molecule has 2 aliphatic heterocycles. The monoisotopic (exact) mass is 486 g/mol. The Morgan fingerprint density at radius 3 is 2.83 bits per heavy atom. The van der Waals surface area contributed by atoms with Crippen LogP contribution in [0.4, 0.5) is 5.13 Å². The van der Waals surface area contributed by atoms with Crippen LogP contribution >= 0.6 is 11.3 Å². The van der Waals surface area contributed by atoms with E-state index in [1.54, 1.807) is 18.6 Å². The highest BCUT2D eigenvalue weighted by molar-refractivity contribution is 7.18. The van der Waals surface area contributed by atoms with E-state index in [4.69, 9.17) is 4.98 Å². The first-order valence-corrected chi connectivity index (χ1v) is 12.7. The highest BCUT2D eigenvalue weighted by atomic mass is 32.1. The molecule has 2 atom stereocenters. The molecule has 1 amide bonds. The fourth-order valence-electron chi connectivity index (χ4n) is 5.25. The molecule has 3 aromatic heterocycles. The first kappa shape index (κ1) is 21.8. The number of benzene rings is 1. The maximum atomic E-state index is 13.2. The molecule has 0 saturated carbocycles. The van der Waals surface area contributed by atoms with E-state index in [1.807, 2.05) is 41.0 Å². The van der Waals surface area contributed by atoms with E-state index in [-0.39, 0.29) is 17.4 Å². The zero-order valence-corrected chi connectivity index (χ0v) is 20.0. The molecule has 8 nitrogen and oxygen atoms in total. The lowest BCUT2D eigenvalue weighted by atomic mass is 9.83. The van der Waals surface area contributed by atoms with E-state index in [2.05, 4.69) is 26.3 Å². The Bertz CT molecular complexity index is 1390. The van der Waals surface area contributed by atoms with Crippen LogP contribution in [0.25, 0.3) is 11.3 Å². The second kappa shape index (κ2) is 9.14. The summed E-state index contributed by atoms with van der Waals surface area (Å²) in [6.45, 7) is 2.88. The summed E-state index contributed by atoms with van der Waals surface area (Å²) in [4.78, 5) is 40.6. The Hall–Kier alpha value is -3.72. The van der Waals surface area contributed by atoms with Crippen LogP contribution in [0.5, 0.6) is 0 Å². The van der Waals surface area contributed by atoms with Gasteiger partial charge in [-0.15, -0.1) is 0 Å². The fraction of sp³-hybridized carbons (Fsp3) is 0.308. The van der Waals surface area contributed by atoms with Crippen molar-refractivity contribution in [1.82, 2.24) is 24.8 Å². The number of hydrogen-bond acceptors (Lipinski definition) is 6. The molecule has 2 N–H and O–H groups in total. The number of aromatic amines is 1. The third kappa shape index (κ3) is 4.27. The normalized spacial score (nSPS) is 18.8. The van der Waals surface area contributed by atoms with Gasteiger partial charge in [-0.1, -0.05) is 47.7 Å². The Morgan fingerprint density at radius 1 is 1.11 bits per heavy atom. The first-order valence-electron chi connectivity index (χ1n) is 11.9. The summed E-state index contributed by atoms with van der Waals surface area (Å²) in [5.74, 6) is 0.561. The predicted octanol–water partition coefficient (Wildman–Crippen LogP) is 3.29. The molecule has 0 aliphatic carbocycles. The molecule has 9 heteroatoms. The van der Waals surface area contributed by atoms with Gasteiger partial charge in [0.05, 0.1) is 12.0 Å². The number of fused-ring (bicyclic) bond motifs is 4. The van der Waals surface area contributed by atoms with Gasteiger partial charge in [-0.25, -0.2) is 9.97 Å². The number of amides is 1. The van der Waals surface area contributed by atoms with Crippen molar-refractivity contribution in [2.24, 2.45) is 5.92 Å². The zero-order chi connectivity index (χ0) is 23.8. The van der Waals surface area contributed by atoms with Crippen LogP contribution < -0.4 is 15.8 Å². The van der Waals surface area contributed by atoms with Gasteiger partial charge in [-0.3, -0.25) is 9.59 Å². The SMILES string of the molecule is O=C(NCCc1cnc[nH]1)c1sc(N2C[C@H]3C[C@@H](C2)c2cccc(=O)n2C3)nc1-c1ccccc1. The average Bonchev–Trinajstić information content (AvgIpc) is 3.56. The molecule has 5 heterocycles. The molecule has 2 aliphatic rings. The van der Waals surface area contributed by atoms with Gasteiger partial charge in [0.15, 0.2) is 5.13 Å². The lowest BCUT2D eigenvalue weighted by Crippen LogP contribution is -2.47. The van der Waals surface area contributed by atoms with E-state index in [0.717, 1.165) is 53.8 Å². The van der Waals surface area contributed by atoms with Crippen LogP contribution in [-0.2, 0) is 13.0 Å². The van der Waals surface area contributed by atoms with E-state index < -0.39 is 0 Å². The number of nitrogens with one attached hydrogen (secondary N) is 2. The lowest BCUT2D eigenvalue weighted by Gasteiger charge is -2.42. The number of aromatic nitrogens is 4. The van der Waals surface area contributed by atoms with Gasteiger partial charge < -0.3 is 19.8 Å². The Balaban J connectivity index is 1.28. The molecule has 1 aromatic carbocycles. The lowest BCUT2D eigenvalue weighted by molar-refractivity contribution is 0.0958. The number of H-pyrrole nitrogens is 1. The molecule has 1 fully saturated rings. The number of carbonyl (C=O) groups is 1. The minimum Gasteiger partial charge on any atom is -0.351 e. The number of pyridine rings is 1. The van der Waals surface area contributed by atoms with Crippen molar-refractivity contribution in [1.29, 1.82) is 0 Å². The van der Waals surface area contributed by atoms with Crippen LogP contribution in [0.15, 0.2) is 65.8 Å². The molecule has 0 radical (unpaired) electrons. The Morgan fingerprint density at radius 2 is 2.00 bits per heavy atom. The zero-order valence-electron chi connectivity index (χ0n) is 19.2. The predicted molar refractivity (Wildman–Crippen MR) is 136 cm³/mol. The number of rotatable bonds is 6. The molecule has 6 rings (SSSR count). The maximum Gasteiger partial charge on any atom is 0.263 e. The van der Waals surface area contributed by atoms with Crippen molar-refractivity contribution in [2.75, 3.05) is 24.5 Å². The molecule has 35 heavy (non-hydrogen) atoms. The first-order chi connectivity index (χ1) is 17.2. The number of imidazole rings is 1. The van der Waals surface area contributed by atoms with E-state index >= 15 is 0 Å². The summed E-state index contributed by atoms with van der Waals surface area (Å²) in [5.41, 5.74) is 3.83. The smallest absolute Gasteiger partial charge is 0.263 e.